The van der Waals surface area contributed by atoms with Crippen molar-refractivity contribution in [3.63, 3.8) is 0 Å². The number of carbonyl (C=O) groups excluding carboxylic acids is 1. The van der Waals surface area contributed by atoms with E-state index in [1.807, 2.05) is 35.2 Å². The zero-order valence-corrected chi connectivity index (χ0v) is 15.0. The summed E-state index contributed by atoms with van der Waals surface area (Å²) < 4.78 is 5.22. The fourth-order valence-corrected chi connectivity index (χ4v) is 3.84. The summed E-state index contributed by atoms with van der Waals surface area (Å²) in [5.74, 6) is 0.0914. The molecule has 128 valence electrons. The summed E-state index contributed by atoms with van der Waals surface area (Å²) in [7, 11) is 1.73. The van der Waals surface area contributed by atoms with E-state index in [4.69, 9.17) is 4.74 Å². The summed E-state index contributed by atoms with van der Waals surface area (Å²) in [6.45, 7) is 6.18. The monoisotopic (exact) mass is 345 g/mol. The van der Waals surface area contributed by atoms with Gasteiger partial charge in [0.25, 0.3) is 5.91 Å². The van der Waals surface area contributed by atoms with Crippen molar-refractivity contribution in [1.29, 1.82) is 0 Å². The van der Waals surface area contributed by atoms with Gasteiger partial charge in [0.2, 0.25) is 0 Å². The first-order valence-corrected chi connectivity index (χ1v) is 9.04. The van der Waals surface area contributed by atoms with Crippen LogP contribution in [0.15, 0.2) is 36.5 Å². The number of amides is 1. The normalized spacial score (nSPS) is 17.0. The van der Waals surface area contributed by atoms with Crippen LogP contribution >= 0.6 is 11.3 Å². The molecule has 6 heteroatoms. The van der Waals surface area contributed by atoms with Crippen LogP contribution in [0.4, 0.5) is 0 Å². The molecule has 0 radical (unpaired) electrons. The third kappa shape index (κ3) is 3.83. The Bertz CT molecular complexity index is 666. The summed E-state index contributed by atoms with van der Waals surface area (Å²) in [5, 5.41) is 0.895. The number of hydrogen-bond donors (Lipinski definition) is 0. The predicted molar refractivity (Wildman–Crippen MR) is 96.4 cm³/mol. The van der Waals surface area contributed by atoms with Gasteiger partial charge in [0.15, 0.2) is 0 Å². The molecule has 3 rings (SSSR count). The van der Waals surface area contributed by atoms with Crippen LogP contribution in [0.5, 0.6) is 0 Å². The van der Waals surface area contributed by atoms with Crippen molar-refractivity contribution in [2.75, 3.05) is 39.9 Å². The lowest BCUT2D eigenvalue weighted by atomic mass is 10.2. The minimum Gasteiger partial charge on any atom is -0.383 e. The van der Waals surface area contributed by atoms with Crippen molar-refractivity contribution >= 4 is 17.2 Å². The number of thiazole rings is 1. The van der Waals surface area contributed by atoms with Crippen molar-refractivity contribution in [1.82, 2.24) is 14.8 Å². The van der Waals surface area contributed by atoms with Crippen molar-refractivity contribution < 1.29 is 9.53 Å². The molecule has 1 atom stereocenters. The highest BCUT2D eigenvalue weighted by Crippen LogP contribution is 2.26. The average Bonchev–Trinajstić information content (AvgIpc) is 3.12. The molecule has 1 unspecified atom stereocenters. The van der Waals surface area contributed by atoms with Crippen LogP contribution in [0, 0.1) is 0 Å². The molecule has 1 amide bonds. The van der Waals surface area contributed by atoms with E-state index in [9.17, 15) is 4.79 Å². The molecule has 1 aromatic carbocycles. The molecule has 0 spiro atoms. The number of benzene rings is 1. The van der Waals surface area contributed by atoms with Crippen molar-refractivity contribution in [3.05, 3.63) is 41.4 Å². The molecule has 24 heavy (non-hydrogen) atoms. The van der Waals surface area contributed by atoms with Gasteiger partial charge in [-0.05, 0) is 6.92 Å². The van der Waals surface area contributed by atoms with E-state index < -0.39 is 0 Å². The Hall–Kier alpha value is -1.76. The summed E-state index contributed by atoms with van der Waals surface area (Å²) in [6, 6.07) is 10.4. The summed E-state index contributed by atoms with van der Waals surface area (Å²) >= 11 is 1.47. The highest BCUT2D eigenvalue weighted by atomic mass is 32.1. The maximum absolute atomic E-state index is 12.7. The molecule has 0 bridgehead atoms. The molecule has 0 aliphatic carbocycles. The maximum Gasteiger partial charge on any atom is 0.265 e. The van der Waals surface area contributed by atoms with Crippen LogP contribution in [0.2, 0.25) is 0 Å². The first-order chi connectivity index (χ1) is 11.7. The van der Waals surface area contributed by atoms with Gasteiger partial charge in [-0.1, -0.05) is 30.3 Å². The van der Waals surface area contributed by atoms with E-state index in [0.29, 0.717) is 10.9 Å². The molecule has 0 N–H and O–H groups in total. The lowest BCUT2D eigenvalue weighted by Crippen LogP contribution is -2.52. The zero-order chi connectivity index (χ0) is 16.9. The number of aromatic nitrogens is 1. The third-order valence-electron chi connectivity index (χ3n) is 4.37. The average molecular weight is 345 g/mol. The van der Waals surface area contributed by atoms with Gasteiger partial charge < -0.3 is 9.64 Å². The Morgan fingerprint density at radius 1 is 1.25 bits per heavy atom. The SMILES string of the molecule is COCC(C)N1CCN(C(=O)c2cnc(-c3ccccc3)s2)CC1. The lowest BCUT2D eigenvalue weighted by Gasteiger charge is -2.37. The zero-order valence-electron chi connectivity index (χ0n) is 14.1. The molecule has 1 aliphatic heterocycles. The lowest BCUT2D eigenvalue weighted by molar-refractivity contribution is 0.0452. The molecule has 5 nitrogen and oxygen atoms in total. The van der Waals surface area contributed by atoms with Gasteiger partial charge in [-0.3, -0.25) is 9.69 Å². The van der Waals surface area contributed by atoms with Crippen LogP contribution < -0.4 is 0 Å². The molecule has 2 heterocycles. The molecule has 1 aliphatic rings. The van der Waals surface area contributed by atoms with Crippen LogP contribution in [0.3, 0.4) is 0 Å². The Morgan fingerprint density at radius 2 is 1.96 bits per heavy atom. The van der Waals surface area contributed by atoms with Crippen LogP contribution in [-0.2, 0) is 4.74 Å². The molecular formula is C18H23N3O2S. The van der Waals surface area contributed by atoms with Crippen molar-refractivity contribution in [3.8, 4) is 10.6 Å². The number of rotatable bonds is 5. The van der Waals surface area contributed by atoms with E-state index >= 15 is 0 Å². The van der Waals surface area contributed by atoms with Gasteiger partial charge in [0.1, 0.15) is 9.88 Å². The fraction of sp³-hybridized carbons (Fsp3) is 0.444. The first-order valence-electron chi connectivity index (χ1n) is 8.22. The Balaban J connectivity index is 1.61. The number of methoxy groups -OCH3 is 1. The molecular weight excluding hydrogens is 322 g/mol. The molecule has 1 aromatic heterocycles. The molecule has 0 saturated carbocycles. The van der Waals surface area contributed by atoms with E-state index in [1.165, 1.54) is 11.3 Å². The molecule has 2 aromatic rings. The number of nitrogens with zero attached hydrogens (tertiary/aromatic N) is 3. The second kappa shape index (κ2) is 7.88. The van der Waals surface area contributed by atoms with Crippen molar-refractivity contribution in [2.45, 2.75) is 13.0 Å². The van der Waals surface area contributed by atoms with E-state index in [-0.39, 0.29) is 5.91 Å². The summed E-state index contributed by atoms with van der Waals surface area (Å²) in [4.78, 5) is 22.1. The highest BCUT2D eigenvalue weighted by Gasteiger charge is 2.25. The number of carbonyl (C=O) groups is 1. The van der Waals surface area contributed by atoms with E-state index in [1.54, 1.807) is 13.3 Å². The van der Waals surface area contributed by atoms with Crippen LogP contribution in [0.25, 0.3) is 10.6 Å². The third-order valence-corrected chi connectivity index (χ3v) is 5.40. The number of hydrogen-bond acceptors (Lipinski definition) is 5. The highest BCUT2D eigenvalue weighted by molar-refractivity contribution is 7.16. The van der Waals surface area contributed by atoms with E-state index in [0.717, 1.165) is 43.4 Å². The van der Waals surface area contributed by atoms with Crippen molar-refractivity contribution in [2.24, 2.45) is 0 Å². The van der Waals surface area contributed by atoms with Gasteiger partial charge in [-0.15, -0.1) is 11.3 Å². The van der Waals surface area contributed by atoms with Crippen LogP contribution in [0.1, 0.15) is 16.6 Å². The molecule has 1 fully saturated rings. The quantitative estimate of drug-likeness (QED) is 0.836. The van der Waals surface area contributed by atoms with Gasteiger partial charge in [0, 0.05) is 44.9 Å². The minimum atomic E-state index is 0.0914. The topological polar surface area (TPSA) is 45.7 Å². The van der Waals surface area contributed by atoms with Gasteiger partial charge in [0.05, 0.1) is 12.8 Å². The summed E-state index contributed by atoms with van der Waals surface area (Å²) in [5.41, 5.74) is 1.06. The summed E-state index contributed by atoms with van der Waals surface area (Å²) in [6.07, 6.45) is 1.70. The number of ether oxygens (including phenoxy) is 1. The predicted octanol–water partition coefficient (Wildman–Crippen LogP) is 2.60. The van der Waals surface area contributed by atoms with Crippen LogP contribution in [-0.4, -0.2) is 66.6 Å². The van der Waals surface area contributed by atoms with Gasteiger partial charge in [-0.25, -0.2) is 4.98 Å². The fourth-order valence-electron chi connectivity index (χ4n) is 2.96. The Labute approximate surface area is 146 Å². The van der Waals surface area contributed by atoms with E-state index in [2.05, 4.69) is 16.8 Å². The second-order valence-electron chi connectivity index (χ2n) is 6.03. The van der Waals surface area contributed by atoms with Gasteiger partial charge in [-0.2, -0.15) is 0 Å². The molecule has 1 saturated heterocycles. The maximum atomic E-state index is 12.7. The minimum absolute atomic E-state index is 0.0914. The Kier molecular flexibility index (Phi) is 5.60. The standard InChI is InChI=1S/C18H23N3O2S/c1-14(13-23-2)20-8-10-21(11-9-20)18(22)16-12-19-17(24-16)15-6-4-3-5-7-15/h3-7,12,14H,8-11,13H2,1-2H3. The van der Waals surface area contributed by atoms with Gasteiger partial charge >= 0.3 is 0 Å². The first kappa shape index (κ1) is 17.1. The largest absolute Gasteiger partial charge is 0.383 e. The Morgan fingerprint density at radius 3 is 2.62 bits per heavy atom. The smallest absolute Gasteiger partial charge is 0.265 e. The second-order valence-corrected chi connectivity index (χ2v) is 7.06. The number of piperazine rings is 1.